The molecule has 2 nitrogen and oxygen atoms in total. The maximum absolute atomic E-state index is 2.88. The SMILES string of the molecule is c1ccc2c(c1)Cc1cccc3c1[C@H]1[C@H](C3)N(CC3CCCCC3)CCN21. The van der Waals surface area contributed by atoms with Crippen LogP contribution >= 0.6 is 0 Å². The molecule has 4 aliphatic rings. The van der Waals surface area contributed by atoms with Gasteiger partial charge in [0.1, 0.15) is 0 Å². The Balaban J connectivity index is 1.40. The van der Waals surface area contributed by atoms with E-state index < -0.39 is 0 Å². The highest BCUT2D eigenvalue weighted by Crippen LogP contribution is 2.48. The van der Waals surface area contributed by atoms with Crippen molar-refractivity contribution >= 4 is 5.69 Å². The minimum atomic E-state index is 0.567. The van der Waals surface area contributed by atoms with E-state index in [0.717, 1.165) is 12.3 Å². The van der Waals surface area contributed by atoms with Crippen molar-refractivity contribution in [1.82, 2.24) is 4.90 Å². The number of anilines is 1. The van der Waals surface area contributed by atoms with Gasteiger partial charge in [-0.1, -0.05) is 55.7 Å². The topological polar surface area (TPSA) is 6.48 Å². The normalized spacial score (nSPS) is 27.2. The van der Waals surface area contributed by atoms with Gasteiger partial charge in [0.15, 0.2) is 0 Å². The van der Waals surface area contributed by atoms with Crippen molar-refractivity contribution in [3.8, 4) is 0 Å². The summed E-state index contributed by atoms with van der Waals surface area (Å²) in [5, 5.41) is 0. The number of rotatable bonds is 2. The van der Waals surface area contributed by atoms with Crippen LogP contribution in [0, 0.1) is 5.92 Å². The number of benzene rings is 2. The Kier molecular flexibility index (Phi) is 3.82. The van der Waals surface area contributed by atoms with Crippen molar-refractivity contribution in [2.75, 3.05) is 24.5 Å². The first kappa shape index (κ1) is 16.2. The number of hydrogen-bond donors (Lipinski definition) is 0. The van der Waals surface area contributed by atoms with Gasteiger partial charge in [0.05, 0.1) is 6.04 Å². The van der Waals surface area contributed by atoms with Crippen LogP contribution in [0.4, 0.5) is 5.69 Å². The largest absolute Gasteiger partial charge is 0.361 e. The number of hydrogen-bond acceptors (Lipinski definition) is 2. The Morgan fingerprint density at radius 1 is 0.815 bits per heavy atom. The molecule has 0 bridgehead atoms. The lowest BCUT2D eigenvalue weighted by Gasteiger charge is -2.47. The fourth-order valence-corrected chi connectivity index (χ4v) is 6.49. The summed E-state index contributed by atoms with van der Waals surface area (Å²) in [6.45, 7) is 3.74. The molecule has 2 aromatic rings. The third kappa shape index (κ3) is 2.56. The molecule has 0 aromatic heterocycles. The number of nitrogens with zero attached hydrogens (tertiary/aromatic N) is 2. The maximum Gasteiger partial charge on any atom is 0.0707 e. The molecule has 140 valence electrons. The number of piperazine rings is 1. The minimum absolute atomic E-state index is 0.567. The molecular formula is C25H30N2. The summed E-state index contributed by atoms with van der Waals surface area (Å²) >= 11 is 0. The summed E-state index contributed by atoms with van der Waals surface area (Å²) < 4.78 is 0. The van der Waals surface area contributed by atoms with Gasteiger partial charge in [-0.25, -0.2) is 0 Å². The first-order valence-corrected chi connectivity index (χ1v) is 11.1. The summed E-state index contributed by atoms with van der Waals surface area (Å²) in [4.78, 5) is 5.65. The van der Waals surface area contributed by atoms with Crippen LogP contribution in [0.15, 0.2) is 42.5 Å². The molecule has 2 heteroatoms. The van der Waals surface area contributed by atoms with E-state index in [1.54, 1.807) is 16.7 Å². The molecule has 0 unspecified atom stereocenters. The van der Waals surface area contributed by atoms with Gasteiger partial charge in [-0.05, 0) is 59.9 Å². The number of fused-ring (bicyclic) bond motifs is 2. The molecule has 0 radical (unpaired) electrons. The number of para-hydroxylation sites is 1. The molecule has 0 N–H and O–H groups in total. The Bertz CT molecular complexity index is 851. The molecule has 27 heavy (non-hydrogen) atoms. The second kappa shape index (κ2) is 6.38. The molecule has 0 spiro atoms. The van der Waals surface area contributed by atoms with Crippen molar-refractivity contribution < 1.29 is 0 Å². The molecule has 0 amide bonds. The quantitative estimate of drug-likeness (QED) is 0.749. The van der Waals surface area contributed by atoms with Gasteiger partial charge >= 0.3 is 0 Å². The second-order valence-electron chi connectivity index (χ2n) is 9.20. The van der Waals surface area contributed by atoms with Crippen molar-refractivity contribution in [3.05, 3.63) is 64.7 Å². The van der Waals surface area contributed by atoms with Crippen LogP contribution in [-0.2, 0) is 12.8 Å². The van der Waals surface area contributed by atoms with Crippen LogP contribution in [0.1, 0.15) is 60.4 Å². The predicted octanol–water partition coefficient (Wildman–Crippen LogP) is 4.96. The molecule has 1 saturated carbocycles. The molecule has 1 saturated heterocycles. The smallest absolute Gasteiger partial charge is 0.0707 e. The fraction of sp³-hybridized carbons (Fsp3) is 0.520. The molecule has 2 aliphatic heterocycles. The lowest BCUT2D eigenvalue weighted by Crippen LogP contribution is -2.55. The van der Waals surface area contributed by atoms with Gasteiger partial charge in [0.2, 0.25) is 0 Å². The van der Waals surface area contributed by atoms with Gasteiger partial charge in [-0.3, -0.25) is 4.90 Å². The zero-order valence-electron chi connectivity index (χ0n) is 16.2. The van der Waals surface area contributed by atoms with E-state index in [1.165, 1.54) is 69.4 Å². The molecule has 2 fully saturated rings. The highest BCUT2D eigenvalue weighted by Gasteiger charge is 2.46. The molecule has 2 aliphatic carbocycles. The molecule has 2 heterocycles. The second-order valence-corrected chi connectivity index (χ2v) is 9.20. The van der Waals surface area contributed by atoms with Gasteiger partial charge in [-0.2, -0.15) is 0 Å². The zero-order chi connectivity index (χ0) is 17.8. The average molecular weight is 359 g/mol. The van der Waals surface area contributed by atoms with E-state index in [4.69, 9.17) is 0 Å². The van der Waals surface area contributed by atoms with Gasteiger partial charge in [0.25, 0.3) is 0 Å². The third-order valence-corrected chi connectivity index (χ3v) is 7.71. The summed E-state index contributed by atoms with van der Waals surface area (Å²) in [6, 6.07) is 17.5. The molecular weight excluding hydrogens is 328 g/mol. The van der Waals surface area contributed by atoms with E-state index in [-0.39, 0.29) is 0 Å². The monoisotopic (exact) mass is 358 g/mol. The first-order chi connectivity index (χ1) is 13.4. The van der Waals surface area contributed by atoms with E-state index >= 15 is 0 Å². The Morgan fingerprint density at radius 2 is 1.63 bits per heavy atom. The van der Waals surface area contributed by atoms with Gasteiger partial charge in [-0.15, -0.1) is 0 Å². The lowest BCUT2D eigenvalue weighted by atomic mass is 9.88. The highest BCUT2D eigenvalue weighted by molar-refractivity contribution is 5.63. The zero-order valence-corrected chi connectivity index (χ0v) is 16.2. The van der Waals surface area contributed by atoms with Gasteiger partial charge < -0.3 is 4.90 Å². The predicted molar refractivity (Wildman–Crippen MR) is 111 cm³/mol. The molecule has 6 rings (SSSR count). The van der Waals surface area contributed by atoms with Crippen LogP contribution in [0.25, 0.3) is 0 Å². The van der Waals surface area contributed by atoms with Crippen LogP contribution in [0.3, 0.4) is 0 Å². The summed E-state index contributed by atoms with van der Waals surface area (Å²) in [6.07, 6.45) is 9.63. The van der Waals surface area contributed by atoms with E-state index in [2.05, 4.69) is 52.3 Å². The summed E-state index contributed by atoms with van der Waals surface area (Å²) in [5.74, 6) is 0.937. The molecule has 2 atom stereocenters. The summed E-state index contributed by atoms with van der Waals surface area (Å²) in [7, 11) is 0. The Hall–Kier alpha value is -1.80. The van der Waals surface area contributed by atoms with Crippen molar-refractivity contribution in [3.63, 3.8) is 0 Å². The fourth-order valence-electron chi connectivity index (χ4n) is 6.49. The standard InChI is InChI=1S/C25H30N2/c1-2-7-18(8-3-1)17-26-13-14-27-22-12-5-4-9-19(22)15-20-10-6-11-21-16-23(26)25(27)24(20)21/h4-6,9-12,18,23,25H,1-3,7-8,13-17H2/t23-,25+/m0/s1. The van der Waals surface area contributed by atoms with Crippen LogP contribution in [0.5, 0.6) is 0 Å². The van der Waals surface area contributed by atoms with Crippen LogP contribution in [-0.4, -0.2) is 30.6 Å². The Morgan fingerprint density at radius 3 is 2.56 bits per heavy atom. The van der Waals surface area contributed by atoms with E-state index in [9.17, 15) is 0 Å². The molecule has 2 aromatic carbocycles. The van der Waals surface area contributed by atoms with Crippen molar-refractivity contribution in [2.45, 2.75) is 57.0 Å². The van der Waals surface area contributed by atoms with Crippen LogP contribution in [0.2, 0.25) is 0 Å². The first-order valence-electron chi connectivity index (χ1n) is 11.1. The van der Waals surface area contributed by atoms with Crippen molar-refractivity contribution in [1.29, 1.82) is 0 Å². The highest BCUT2D eigenvalue weighted by atomic mass is 15.3. The van der Waals surface area contributed by atoms with Gasteiger partial charge in [0, 0.05) is 31.4 Å². The third-order valence-electron chi connectivity index (χ3n) is 7.71. The summed E-state index contributed by atoms with van der Waals surface area (Å²) in [5.41, 5.74) is 7.88. The van der Waals surface area contributed by atoms with Crippen molar-refractivity contribution in [2.24, 2.45) is 5.92 Å². The maximum atomic E-state index is 2.88. The van der Waals surface area contributed by atoms with Crippen LogP contribution < -0.4 is 4.90 Å². The van der Waals surface area contributed by atoms with E-state index in [0.29, 0.717) is 12.1 Å². The Labute approximate surface area is 163 Å². The lowest BCUT2D eigenvalue weighted by molar-refractivity contribution is 0.115. The van der Waals surface area contributed by atoms with E-state index in [1.807, 2.05) is 0 Å². The minimum Gasteiger partial charge on any atom is -0.361 e. The average Bonchev–Trinajstić information content (AvgIpc) is 3.04.